The number of esters is 2. The molecule has 178 valence electrons. The van der Waals surface area contributed by atoms with Crippen LogP contribution < -0.4 is 14.8 Å². The lowest BCUT2D eigenvalue weighted by atomic mass is 10.1. The lowest BCUT2D eigenvalue weighted by molar-refractivity contribution is -0.111. The number of hydrogen-bond acceptors (Lipinski definition) is 8. The minimum atomic E-state index is -0.624. The molecular weight excluding hydrogens is 446 g/mol. The van der Waals surface area contributed by atoms with Gasteiger partial charge < -0.3 is 24.3 Å². The third kappa shape index (κ3) is 6.82. The van der Waals surface area contributed by atoms with Crippen LogP contribution in [0.4, 0.5) is 5.00 Å². The number of benzene rings is 1. The summed E-state index contributed by atoms with van der Waals surface area (Å²) < 4.78 is 21.1. The molecule has 1 amide bonds. The molecule has 9 heteroatoms. The fraction of sp³-hybridized carbons (Fsp3) is 0.375. The van der Waals surface area contributed by atoms with Gasteiger partial charge in [0.15, 0.2) is 11.5 Å². The topological polar surface area (TPSA) is 100 Å². The SMILES string of the molecule is COc1ccc(/C=C\C(=O)Nc2sc(C(=O)OC(C)C)c(C)c2C(=O)OC(C)C)cc1OC. The average molecular weight is 476 g/mol. The van der Waals surface area contributed by atoms with Crippen LogP contribution in [-0.4, -0.2) is 44.3 Å². The first kappa shape index (κ1) is 25.9. The zero-order chi connectivity index (χ0) is 24.7. The number of methoxy groups -OCH3 is 2. The molecular formula is C24H29NO7S. The molecule has 2 aromatic rings. The summed E-state index contributed by atoms with van der Waals surface area (Å²) in [4.78, 5) is 38.0. The van der Waals surface area contributed by atoms with Gasteiger partial charge in [-0.15, -0.1) is 11.3 Å². The maximum atomic E-state index is 12.7. The van der Waals surface area contributed by atoms with E-state index in [0.717, 1.165) is 11.3 Å². The van der Waals surface area contributed by atoms with E-state index in [1.54, 1.807) is 58.9 Å². The van der Waals surface area contributed by atoms with E-state index in [1.807, 2.05) is 0 Å². The number of nitrogens with one attached hydrogen (secondary N) is 1. The van der Waals surface area contributed by atoms with Gasteiger partial charge in [-0.05, 0) is 64.0 Å². The third-order valence-corrected chi connectivity index (χ3v) is 5.48. The van der Waals surface area contributed by atoms with E-state index < -0.39 is 17.8 Å². The van der Waals surface area contributed by atoms with Crippen LogP contribution in [0.3, 0.4) is 0 Å². The van der Waals surface area contributed by atoms with Gasteiger partial charge >= 0.3 is 11.9 Å². The fourth-order valence-corrected chi connectivity index (χ4v) is 3.95. The molecule has 0 atom stereocenters. The zero-order valence-corrected chi connectivity index (χ0v) is 20.6. The fourth-order valence-electron chi connectivity index (χ4n) is 2.86. The summed E-state index contributed by atoms with van der Waals surface area (Å²) in [5, 5.41) is 2.90. The summed E-state index contributed by atoms with van der Waals surface area (Å²) in [6.45, 7) is 8.53. The Morgan fingerprint density at radius 3 is 2.12 bits per heavy atom. The highest BCUT2D eigenvalue weighted by Crippen LogP contribution is 2.35. The maximum Gasteiger partial charge on any atom is 0.348 e. The van der Waals surface area contributed by atoms with Crippen molar-refractivity contribution in [3.63, 3.8) is 0 Å². The number of ether oxygens (including phenoxy) is 4. The molecule has 0 spiro atoms. The van der Waals surface area contributed by atoms with E-state index in [2.05, 4.69) is 5.32 Å². The van der Waals surface area contributed by atoms with Crippen LogP contribution in [0.5, 0.6) is 11.5 Å². The van der Waals surface area contributed by atoms with Gasteiger partial charge in [-0.1, -0.05) is 6.07 Å². The number of carbonyl (C=O) groups excluding carboxylic acids is 3. The van der Waals surface area contributed by atoms with Gasteiger partial charge in [-0.25, -0.2) is 9.59 Å². The monoisotopic (exact) mass is 475 g/mol. The van der Waals surface area contributed by atoms with Crippen LogP contribution in [0.25, 0.3) is 6.08 Å². The van der Waals surface area contributed by atoms with E-state index in [4.69, 9.17) is 18.9 Å². The quantitative estimate of drug-likeness (QED) is 0.408. The van der Waals surface area contributed by atoms with Gasteiger partial charge in [0.05, 0.1) is 32.0 Å². The van der Waals surface area contributed by atoms with Gasteiger partial charge in [0.1, 0.15) is 9.88 Å². The highest BCUT2D eigenvalue weighted by atomic mass is 32.1. The molecule has 1 heterocycles. The van der Waals surface area contributed by atoms with E-state index in [0.29, 0.717) is 22.6 Å². The Bertz CT molecular complexity index is 1050. The number of hydrogen-bond donors (Lipinski definition) is 1. The molecule has 33 heavy (non-hydrogen) atoms. The second kappa shape index (κ2) is 11.5. The lowest BCUT2D eigenvalue weighted by Crippen LogP contribution is -2.16. The standard InChI is InChI=1S/C24H29NO7S/c1-13(2)31-23(27)20-15(5)21(24(28)32-14(3)4)33-22(20)25-19(26)11-9-16-8-10-17(29-6)18(12-16)30-7/h8-14H,1-7H3,(H,25,26)/b11-9-. The van der Waals surface area contributed by atoms with E-state index in [-0.39, 0.29) is 27.6 Å². The minimum Gasteiger partial charge on any atom is -0.493 e. The van der Waals surface area contributed by atoms with Crippen molar-refractivity contribution in [2.45, 2.75) is 46.8 Å². The molecule has 1 aromatic heterocycles. The summed E-state index contributed by atoms with van der Waals surface area (Å²) in [6.07, 6.45) is 2.22. The van der Waals surface area contributed by atoms with Crippen LogP contribution in [0.1, 0.15) is 58.9 Å². The van der Waals surface area contributed by atoms with Crippen molar-refractivity contribution < 1.29 is 33.3 Å². The third-order valence-electron chi connectivity index (χ3n) is 4.29. The van der Waals surface area contributed by atoms with Crippen molar-refractivity contribution in [2.75, 3.05) is 19.5 Å². The number of rotatable bonds is 9. The summed E-state index contributed by atoms with van der Waals surface area (Å²) in [6, 6.07) is 5.22. The summed E-state index contributed by atoms with van der Waals surface area (Å²) >= 11 is 0.975. The molecule has 0 unspecified atom stereocenters. The molecule has 2 rings (SSSR count). The van der Waals surface area contributed by atoms with Crippen molar-refractivity contribution in [1.29, 1.82) is 0 Å². The zero-order valence-electron chi connectivity index (χ0n) is 19.8. The Labute approximate surface area is 197 Å². The molecule has 0 saturated heterocycles. The van der Waals surface area contributed by atoms with Crippen LogP contribution in [0.2, 0.25) is 0 Å². The van der Waals surface area contributed by atoms with E-state index >= 15 is 0 Å². The number of amides is 1. The second-order valence-electron chi connectivity index (χ2n) is 7.61. The smallest absolute Gasteiger partial charge is 0.348 e. The molecule has 0 bridgehead atoms. The predicted molar refractivity (Wildman–Crippen MR) is 127 cm³/mol. The first-order valence-electron chi connectivity index (χ1n) is 10.3. The van der Waals surface area contributed by atoms with Crippen LogP contribution in [-0.2, 0) is 14.3 Å². The molecule has 8 nitrogen and oxygen atoms in total. The van der Waals surface area contributed by atoms with Crippen molar-refractivity contribution in [2.24, 2.45) is 0 Å². The largest absolute Gasteiger partial charge is 0.493 e. The Kier molecular flexibility index (Phi) is 9.04. The summed E-state index contributed by atoms with van der Waals surface area (Å²) in [5.74, 6) is -0.564. The molecule has 0 saturated carbocycles. The lowest BCUT2D eigenvalue weighted by Gasteiger charge is -2.10. The maximum absolute atomic E-state index is 12.7. The first-order chi connectivity index (χ1) is 15.6. The minimum absolute atomic E-state index is 0.136. The van der Waals surface area contributed by atoms with Crippen molar-refractivity contribution in [3.05, 3.63) is 45.8 Å². The normalized spacial score (nSPS) is 11.1. The highest BCUT2D eigenvalue weighted by Gasteiger charge is 2.28. The molecule has 0 aliphatic rings. The highest BCUT2D eigenvalue weighted by molar-refractivity contribution is 7.18. The van der Waals surface area contributed by atoms with Gasteiger partial charge in [-0.2, -0.15) is 0 Å². The van der Waals surface area contributed by atoms with Crippen LogP contribution in [0, 0.1) is 6.92 Å². The number of thiophene rings is 1. The molecule has 0 aliphatic carbocycles. The van der Waals surface area contributed by atoms with Gasteiger partial charge in [0, 0.05) is 6.08 Å². The molecule has 0 radical (unpaired) electrons. The molecule has 1 N–H and O–H groups in total. The molecule has 0 fully saturated rings. The Morgan fingerprint density at radius 2 is 1.55 bits per heavy atom. The average Bonchev–Trinajstić information content (AvgIpc) is 3.06. The number of anilines is 1. The number of carbonyl (C=O) groups is 3. The Balaban J connectivity index is 2.32. The van der Waals surface area contributed by atoms with E-state index in [9.17, 15) is 14.4 Å². The van der Waals surface area contributed by atoms with Gasteiger partial charge in [0.25, 0.3) is 0 Å². The first-order valence-corrected chi connectivity index (χ1v) is 11.1. The van der Waals surface area contributed by atoms with Crippen LogP contribution >= 0.6 is 11.3 Å². The Morgan fingerprint density at radius 1 is 0.939 bits per heavy atom. The molecule has 1 aromatic carbocycles. The Hall–Kier alpha value is -3.33. The second-order valence-corrected chi connectivity index (χ2v) is 8.63. The van der Waals surface area contributed by atoms with Crippen molar-refractivity contribution in [3.8, 4) is 11.5 Å². The molecule has 0 aliphatic heterocycles. The summed E-state index contributed by atoms with van der Waals surface area (Å²) in [7, 11) is 3.06. The van der Waals surface area contributed by atoms with E-state index in [1.165, 1.54) is 20.3 Å². The van der Waals surface area contributed by atoms with Crippen LogP contribution in [0.15, 0.2) is 24.3 Å². The van der Waals surface area contributed by atoms with Gasteiger partial charge in [0.2, 0.25) is 5.91 Å². The van der Waals surface area contributed by atoms with Gasteiger partial charge in [-0.3, -0.25) is 4.79 Å². The predicted octanol–water partition coefficient (Wildman–Crippen LogP) is 4.86. The van der Waals surface area contributed by atoms with Crippen molar-refractivity contribution >= 4 is 40.3 Å². The van der Waals surface area contributed by atoms with Crippen molar-refractivity contribution in [1.82, 2.24) is 0 Å². The summed E-state index contributed by atoms with van der Waals surface area (Å²) in [5.41, 5.74) is 1.25.